The Labute approximate surface area is 120 Å². The van der Waals surface area contributed by atoms with Gasteiger partial charge in [-0.15, -0.1) is 0 Å². The Bertz CT molecular complexity index is 474. The van der Waals surface area contributed by atoms with Crippen LogP contribution in [0.25, 0.3) is 0 Å². The molecule has 1 atom stereocenters. The van der Waals surface area contributed by atoms with Crippen LogP contribution in [0, 0.1) is 6.92 Å². The average Bonchev–Trinajstić information content (AvgIpc) is 2.42. The van der Waals surface area contributed by atoms with Gasteiger partial charge in [-0.1, -0.05) is 0 Å². The maximum Gasteiger partial charge on any atom is 0.340 e. The summed E-state index contributed by atoms with van der Waals surface area (Å²) < 4.78 is 9.99. The summed E-state index contributed by atoms with van der Waals surface area (Å²) >= 11 is 0. The van der Waals surface area contributed by atoms with E-state index in [2.05, 4.69) is 18.7 Å². The monoisotopic (exact) mass is 280 g/mol. The zero-order valence-electron chi connectivity index (χ0n) is 12.9. The minimum absolute atomic E-state index is 0.207. The number of carbonyl (C=O) groups is 1. The fourth-order valence-electron chi connectivity index (χ4n) is 2.30. The summed E-state index contributed by atoms with van der Waals surface area (Å²) in [5.41, 5.74) is 8.65. The molecule has 0 saturated heterocycles. The largest absolute Gasteiger partial charge is 0.465 e. The lowest BCUT2D eigenvalue weighted by Gasteiger charge is -2.30. The van der Waals surface area contributed by atoms with Gasteiger partial charge in [0.1, 0.15) is 0 Å². The Morgan fingerprint density at radius 2 is 2.05 bits per heavy atom. The molecule has 0 aliphatic rings. The first-order valence-corrected chi connectivity index (χ1v) is 6.70. The maximum atomic E-state index is 11.8. The predicted molar refractivity (Wildman–Crippen MR) is 81.3 cm³/mol. The Kier molecular flexibility index (Phi) is 5.82. The van der Waals surface area contributed by atoms with Crippen molar-refractivity contribution in [2.45, 2.75) is 26.8 Å². The number of hydrogen-bond acceptors (Lipinski definition) is 5. The van der Waals surface area contributed by atoms with E-state index >= 15 is 0 Å². The minimum Gasteiger partial charge on any atom is -0.465 e. The number of nitrogens with zero attached hydrogens (tertiary/aromatic N) is 1. The van der Waals surface area contributed by atoms with Gasteiger partial charge < -0.3 is 20.1 Å². The van der Waals surface area contributed by atoms with Crippen molar-refractivity contribution < 1.29 is 14.3 Å². The number of nitrogen functional groups attached to an aromatic ring is 1. The highest BCUT2D eigenvalue weighted by molar-refractivity contribution is 5.97. The van der Waals surface area contributed by atoms with Gasteiger partial charge in [0, 0.05) is 31.1 Å². The molecule has 0 aliphatic heterocycles. The van der Waals surface area contributed by atoms with E-state index < -0.39 is 5.97 Å². The molecular weight excluding hydrogens is 256 g/mol. The highest BCUT2D eigenvalue weighted by Gasteiger charge is 2.18. The maximum absolute atomic E-state index is 11.8. The molecule has 0 aliphatic carbocycles. The topological polar surface area (TPSA) is 64.8 Å². The van der Waals surface area contributed by atoms with Crippen LogP contribution in [-0.4, -0.2) is 39.4 Å². The lowest BCUT2D eigenvalue weighted by atomic mass is 10.1. The van der Waals surface area contributed by atoms with E-state index in [9.17, 15) is 4.79 Å². The van der Waals surface area contributed by atoms with Crippen molar-refractivity contribution in [2.75, 3.05) is 38.0 Å². The van der Waals surface area contributed by atoms with Gasteiger partial charge in [0.25, 0.3) is 0 Å². The van der Waals surface area contributed by atoms with Crippen LogP contribution in [0.15, 0.2) is 12.1 Å². The molecule has 5 heteroatoms. The standard InChI is InChI=1S/C15H24N2O3/c1-6-17(11(3)9-19-4)12-7-10(2)14(16)13(8-12)15(18)20-5/h7-8,11H,6,9,16H2,1-5H3. The van der Waals surface area contributed by atoms with E-state index in [-0.39, 0.29) is 6.04 Å². The van der Waals surface area contributed by atoms with Crippen molar-refractivity contribution in [3.63, 3.8) is 0 Å². The van der Waals surface area contributed by atoms with Gasteiger partial charge in [-0.2, -0.15) is 0 Å². The van der Waals surface area contributed by atoms with Gasteiger partial charge in [0.2, 0.25) is 0 Å². The molecule has 1 aromatic rings. The second-order valence-corrected chi connectivity index (χ2v) is 4.81. The van der Waals surface area contributed by atoms with Crippen LogP contribution >= 0.6 is 0 Å². The third-order valence-electron chi connectivity index (χ3n) is 3.39. The van der Waals surface area contributed by atoms with Crippen molar-refractivity contribution in [2.24, 2.45) is 0 Å². The van der Waals surface area contributed by atoms with Gasteiger partial charge in [0.05, 0.1) is 19.3 Å². The molecule has 1 rings (SSSR count). The Morgan fingerprint density at radius 1 is 1.40 bits per heavy atom. The molecule has 5 nitrogen and oxygen atoms in total. The number of rotatable bonds is 6. The molecule has 0 heterocycles. The van der Waals surface area contributed by atoms with Crippen LogP contribution < -0.4 is 10.6 Å². The van der Waals surface area contributed by atoms with E-state index in [1.54, 1.807) is 13.2 Å². The number of esters is 1. The molecule has 0 amide bonds. The first-order chi connectivity index (χ1) is 9.46. The van der Waals surface area contributed by atoms with Crippen molar-refractivity contribution in [1.29, 1.82) is 0 Å². The molecule has 1 unspecified atom stereocenters. The molecule has 0 bridgehead atoms. The summed E-state index contributed by atoms with van der Waals surface area (Å²) in [6.45, 7) is 7.46. The molecule has 0 aromatic heterocycles. The molecule has 2 N–H and O–H groups in total. The van der Waals surface area contributed by atoms with E-state index in [0.29, 0.717) is 17.9 Å². The van der Waals surface area contributed by atoms with Crippen molar-refractivity contribution in [1.82, 2.24) is 0 Å². The van der Waals surface area contributed by atoms with E-state index in [1.165, 1.54) is 7.11 Å². The van der Waals surface area contributed by atoms with Gasteiger partial charge in [-0.05, 0) is 38.5 Å². The van der Waals surface area contributed by atoms with E-state index in [0.717, 1.165) is 17.8 Å². The number of nitrogens with two attached hydrogens (primary N) is 1. The highest BCUT2D eigenvalue weighted by atomic mass is 16.5. The number of ether oxygens (including phenoxy) is 2. The van der Waals surface area contributed by atoms with Crippen LogP contribution in [-0.2, 0) is 9.47 Å². The lowest BCUT2D eigenvalue weighted by Crippen LogP contribution is -2.36. The van der Waals surface area contributed by atoms with Gasteiger partial charge in [-0.3, -0.25) is 0 Å². The van der Waals surface area contributed by atoms with E-state index in [1.807, 2.05) is 13.0 Å². The normalized spacial score (nSPS) is 12.1. The number of anilines is 2. The summed E-state index contributed by atoms with van der Waals surface area (Å²) in [5.74, 6) is -0.414. The average molecular weight is 280 g/mol. The number of likely N-dealkylation sites (N-methyl/N-ethyl adjacent to an activating group) is 1. The number of benzene rings is 1. The third-order valence-corrected chi connectivity index (χ3v) is 3.39. The van der Waals surface area contributed by atoms with Crippen molar-refractivity contribution in [3.8, 4) is 0 Å². The second-order valence-electron chi connectivity index (χ2n) is 4.81. The first kappa shape index (κ1) is 16.3. The van der Waals surface area contributed by atoms with Gasteiger partial charge in [0.15, 0.2) is 0 Å². The summed E-state index contributed by atoms with van der Waals surface area (Å²) in [6, 6.07) is 3.97. The number of aryl methyl sites for hydroxylation is 1. The molecule has 0 saturated carbocycles. The third kappa shape index (κ3) is 3.42. The van der Waals surface area contributed by atoms with E-state index in [4.69, 9.17) is 15.2 Å². The number of hydrogen-bond donors (Lipinski definition) is 1. The quantitative estimate of drug-likeness (QED) is 0.639. The lowest BCUT2D eigenvalue weighted by molar-refractivity contribution is 0.0602. The molecule has 0 radical (unpaired) electrons. The molecule has 0 spiro atoms. The Hall–Kier alpha value is -1.75. The summed E-state index contributed by atoms with van der Waals surface area (Å²) in [7, 11) is 3.04. The molecule has 1 aromatic carbocycles. The molecule has 20 heavy (non-hydrogen) atoms. The summed E-state index contributed by atoms with van der Waals surface area (Å²) in [5, 5.41) is 0. The fourth-order valence-corrected chi connectivity index (χ4v) is 2.30. The van der Waals surface area contributed by atoms with Gasteiger partial charge in [-0.25, -0.2) is 4.79 Å². The van der Waals surface area contributed by atoms with Gasteiger partial charge >= 0.3 is 5.97 Å². The number of carbonyl (C=O) groups excluding carboxylic acids is 1. The fraction of sp³-hybridized carbons (Fsp3) is 0.533. The van der Waals surface area contributed by atoms with Crippen molar-refractivity contribution >= 4 is 17.3 Å². The Balaban J connectivity index is 3.23. The predicted octanol–water partition coefficient (Wildman–Crippen LogP) is 2.23. The SMILES string of the molecule is CCN(c1cc(C)c(N)c(C(=O)OC)c1)C(C)COC. The second kappa shape index (κ2) is 7.14. The summed E-state index contributed by atoms with van der Waals surface area (Å²) in [6.07, 6.45) is 0. The van der Waals surface area contributed by atoms with Crippen molar-refractivity contribution in [3.05, 3.63) is 23.3 Å². The van der Waals surface area contributed by atoms with Crippen LogP contribution in [0.4, 0.5) is 11.4 Å². The van der Waals surface area contributed by atoms with Crippen LogP contribution in [0.2, 0.25) is 0 Å². The zero-order chi connectivity index (χ0) is 15.3. The van der Waals surface area contributed by atoms with Crippen LogP contribution in [0.1, 0.15) is 29.8 Å². The Morgan fingerprint density at radius 3 is 2.55 bits per heavy atom. The highest BCUT2D eigenvalue weighted by Crippen LogP contribution is 2.27. The molecule has 0 fully saturated rings. The molecular formula is C15H24N2O3. The zero-order valence-corrected chi connectivity index (χ0v) is 12.9. The molecule has 112 valence electrons. The smallest absolute Gasteiger partial charge is 0.340 e. The summed E-state index contributed by atoms with van der Waals surface area (Å²) in [4.78, 5) is 14.0. The minimum atomic E-state index is -0.414. The van der Waals surface area contributed by atoms with Crippen LogP contribution in [0.5, 0.6) is 0 Å². The number of methoxy groups -OCH3 is 2. The first-order valence-electron chi connectivity index (χ1n) is 6.70. The van der Waals surface area contributed by atoms with Crippen LogP contribution in [0.3, 0.4) is 0 Å².